The third-order valence-corrected chi connectivity index (χ3v) is 6.94. The third kappa shape index (κ3) is 8.63. The predicted octanol–water partition coefficient (Wildman–Crippen LogP) is 8.02. The Morgan fingerprint density at radius 3 is 1.86 bits per heavy atom. The van der Waals surface area contributed by atoms with E-state index in [0.717, 1.165) is 24.2 Å². The molecule has 0 aliphatic carbocycles. The zero-order valence-electron chi connectivity index (χ0n) is 22.5. The average Bonchev–Trinajstić information content (AvgIpc) is 3.21. The second-order valence-electron chi connectivity index (χ2n) is 11.1. The summed E-state index contributed by atoms with van der Waals surface area (Å²) in [6.07, 6.45) is 18.2. The van der Waals surface area contributed by atoms with Gasteiger partial charge in [-0.05, 0) is 17.4 Å². The second kappa shape index (κ2) is 13.6. The first-order chi connectivity index (χ1) is 16.9. The molecule has 0 radical (unpaired) electrons. The Morgan fingerprint density at radius 1 is 0.771 bits per heavy atom. The van der Waals surface area contributed by atoms with Crippen LogP contribution in [0, 0.1) is 0 Å². The number of fused-ring (bicyclic) bond motifs is 1. The van der Waals surface area contributed by atoms with Crippen LogP contribution in [0.3, 0.4) is 0 Å². The summed E-state index contributed by atoms with van der Waals surface area (Å²) in [6, 6.07) is 10.0. The Balaban J connectivity index is 1.47. The summed E-state index contributed by atoms with van der Waals surface area (Å²) in [4.78, 5) is 21.5. The smallest absolute Gasteiger partial charge is 0.266 e. The highest BCUT2D eigenvalue weighted by Gasteiger charge is 2.15. The number of aromatic amines is 1. The first kappa shape index (κ1) is 27.2. The molecular weight excluding hydrogens is 432 g/mol. The van der Waals surface area contributed by atoms with E-state index in [4.69, 9.17) is 4.98 Å². The molecule has 35 heavy (non-hydrogen) atoms. The van der Waals surface area contributed by atoms with Gasteiger partial charge in [0.15, 0.2) is 11.5 Å². The Hall–Kier alpha value is -2.43. The second-order valence-corrected chi connectivity index (χ2v) is 11.1. The molecule has 3 rings (SSSR count). The Labute approximate surface area is 211 Å². The van der Waals surface area contributed by atoms with Gasteiger partial charge in [-0.15, -0.1) is 0 Å². The van der Waals surface area contributed by atoms with Crippen molar-refractivity contribution in [1.29, 1.82) is 0 Å². The first-order valence-corrected chi connectivity index (χ1v) is 14.0. The van der Waals surface area contributed by atoms with E-state index in [0.29, 0.717) is 11.5 Å². The maximum absolute atomic E-state index is 12.0. The van der Waals surface area contributed by atoms with Crippen LogP contribution in [0.2, 0.25) is 0 Å². The van der Waals surface area contributed by atoms with E-state index in [1.807, 2.05) is 0 Å². The molecule has 3 aromatic rings. The molecule has 0 atom stereocenters. The van der Waals surface area contributed by atoms with Crippen LogP contribution < -0.4 is 5.56 Å². The lowest BCUT2D eigenvalue weighted by Crippen LogP contribution is -2.11. The van der Waals surface area contributed by atoms with Gasteiger partial charge < -0.3 is 0 Å². The minimum atomic E-state index is -0.133. The van der Waals surface area contributed by atoms with Crippen molar-refractivity contribution < 1.29 is 0 Å². The van der Waals surface area contributed by atoms with Crippen molar-refractivity contribution in [2.45, 2.75) is 123 Å². The maximum Gasteiger partial charge on any atom is 0.266 e. The molecule has 0 spiro atoms. The Bertz CT molecular complexity index is 1070. The van der Waals surface area contributed by atoms with Gasteiger partial charge in [-0.25, -0.2) is 14.5 Å². The topological polar surface area (TPSA) is 63.0 Å². The van der Waals surface area contributed by atoms with Gasteiger partial charge in [0.1, 0.15) is 5.82 Å². The summed E-state index contributed by atoms with van der Waals surface area (Å²) in [6.45, 7) is 8.92. The quantitative estimate of drug-likeness (QED) is 0.225. The lowest BCUT2D eigenvalue weighted by Gasteiger charge is -2.19. The first-order valence-electron chi connectivity index (χ1n) is 14.0. The SMILES string of the molecule is CCCCCCCCCCCCCCCc1nc(-c2ccc(C(C)(C)C)cc2)nc2cc(=O)[nH]n12. The van der Waals surface area contributed by atoms with Crippen molar-refractivity contribution in [3.8, 4) is 11.4 Å². The number of aromatic nitrogens is 4. The molecule has 5 heteroatoms. The van der Waals surface area contributed by atoms with Gasteiger partial charge in [0.05, 0.1) is 0 Å². The highest BCUT2D eigenvalue weighted by molar-refractivity contribution is 5.58. The minimum absolute atomic E-state index is 0.108. The highest BCUT2D eigenvalue weighted by Crippen LogP contribution is 2.25. The third-order valence-electron chi connectivity index (χ3n) is 6.94. The van der Waals surface area contributed by atoms with Crippen LogP contribution >= 0.6 is 0 Å². The van der Waals surface area contributed by atoms with Crippen LogP contribution in [0.25, 0.3) is 17.0 Å². The van der Waals surface area contributed by atoms with E-state index in [-0.39, 0.29) is 11.0 Å². The number of nitrogens with one attached hydrogen (secondary N) is 1. The van der Waals surface area contributed by atoms with Crippen LogP contribution in [0.15, 0.2) is 35.1 Å². The average molecular weight is 479 g/mol. The van der Waals surface area contributed by atoms with E-state index in [1.54, 1.807) is 10.6 Å². The molecular formula is C30H46N4O. The largest absolute Gasteiger partial charge is 0.268 e. The van der Waals surface area contributed by atoms with Gasteiger partial charge in [0, 0.05) is 18.1 Å². The summed E-state index contributed by atoms with van der Waals surface area (Å²) in [5.41, 5.74) is 2.89. The highest BCUT2D eigenvalue weighted by atomic mass is 16.1. The molecule has 0 bridgehead atoms. The zero-order valence-corrected chi connectivity index (χ0v) is 22.5. The molecule has 0 amide bonds. The standard InChI is InChI=1S/C30H46N4O/c1-5-6-7-8-9-10-11-12-13-14-15-16-17-18-26-31-29(32-27-23-28(35)33-34(26)27)24-19-21-25(22-20-24)30(2,3)4/h19-23H,5-18H2,1-4H3,(H,33,35). The lowest BCUT2D eigenvalue weighted by atomic mass is 9.87. The number of H-pyrrole nitrogens is 1. The number of aryl methyl sites for hydroxylation is 1. The van der Waals surface area contributed by atoms with E-state index in [1.165, 1.54) is 82.6 Å². The molecule has 1 N–H and O–H groups in total. The van der Waals surface area contributed by atoms with Crippen LogP contribution in [0.4, 0.5) is 0 Å². The Kier molecular flexibility index (Phi) is 10.6. The molecule has 0 saturated carbocycles. The van der Waals surface area contributed by atoms with Crippen LogP contribution in [-0.2, 0) is 11.8 Å². The zero-order chi connectivity index (χ0) is 25.1. The number of hydrogen-bond donors (Lipinski definition) is 1. The Morgan fingerprint density at radius 2 is 1.31 bits per heavy atom. The van der Waals surface area contributed by atoms with Crippen molar-refractivity contribution in [3.63, 3.8) is 0 Å². The number of nitrogens with zero attached hydrogens (tertiary/aromatic N) is 3. The molecule has 2 heterocycles. The van der Waals surface area contributed by atoms with E-state index >= 15 is 0 Å². The van der Waals surface area contributed by atoms with Gasteiger partial charge in [0.2, 0.25) is 0 Å². The molecule has 0 saturated heterocycles. The normalized spacial score (nSPS) is 12.0. The van der Waals surface area contributed by atoms with Crippen molar-refractivity contribution >= 4 is 5.65 Å². The number of unbranched alkanes of at least 4 members (excludes halogenated alkanes) is 12. The molecule has 1 aromatic carbocycles. The fourth-order valence-electron chi connectivity index (χ4n) is 4.68. The van der Waals surface area contributed by atoms with Crippen LogP contribution in [0.5, 0.6) is 0 Å². The van der Waals surface area contributed by atoms with Gasteiger partial charge in [-0.3, -0.25) is 9.89 Å². The summed E-state index contributed by atoms with van der Waals surface area (Å²) >= 11 is 0. The molecule has 2 aromatic heterocycles. The minimum Gasteiger partial charge on any atom is -0.268 e. The number of rotatable bonds is 15. The monoisotopic (exact) mass is 478 g/mol. The molecule has 0 unspecified atom stereocenters. The van der Waals surface area contributed by atoms with Crippen LogP contribution in [-0.4, -0.2) is 19.6 Å². The summed E-state index contributed by atoms with van der Waals surface area (Å²) in [5.74, 6) is 1.57. The van der Waals surface area contributed by atoms with Gasteiger partial charge >= 0.3 is 0 Å². The van der Waals surface area contributed by atoms with E-state index in [2.05, 4.69) is 62.0 Å². The summed E-state index contributed by atoms with van der Waals surface area (Å²) < 4.78 is 1.76. The van der Waals surface area contributed by atoms with Crippen molar-refractivity contribution in [1.82, 2.24) is 19.6 Å². The molecule has 0 aliphatic heterocycles. The van der Waals surface area contributed by atoms with Crippen molar-refractivity contribution in [3.05, 3.63) is 52.1 Å². The lowest BCUT2D eigenvalue weighted by molar-refractivity contribution is 0.537. The summed E-state index contributed by atoms with van der Waals surface area (Å²) in [5, 5.41) is 2.87. The van der Waals surface area contributed by atoms with E-state index < -0.39 is 0 Å². The predicted molar refractivity (Wildman–Crippen MR) is 147 cm³/mol. The van der Waals surface area contributed by atoms with E-state index in [9.17, 15) is 4.79 Å². The summed E-state index contributed by atoms with van der Waals surface area (Å²) in [7, 11) is 0. The number of hydrogen-bond acceptors (Lipinski definition) is 3. The van der Waals surface area contributed by atoms with Crippen LogP contribution in [0.1, 0.15) is 123 Å². The maximum atomic E-state index is 12.0. The van der Waals surface area contributed by atoms with Gasteiger partial charge in [-0.2, -0.15) is 0 Å². The molecule has 0 aliphatic rings. The molecule has 0 fully saturated rings. The molecule has 192 valence electrons. The van der Waals surface area contributed by atoms with Crippen molar-refractivity contribution in [2.24, 2.45) is 0 Å². The van der Waals surface area contributed by atoms with Crippen molar-refractivity contribution in [2.75, 3.05) is 0 Å². The van der Waals surface area contributed by atoms with Gasteiger partial charge in [-0.1, -0.05) is 129 Å². The number of benzene rings is 1. The fraction of sp³-hybridized carbons (Fsp3) is 0.633. The fourth-order valence-corrected chi connectivity index (χ4v) is 4.68. The van der Waals surface area contributed by atoms with Gasteiger partial charge in [0.25, 0.3) is 5.56 Å². The molecule has 5 nitrogen and oxygen atoms in total.